The minimum absolute atomic E-state index is 0.648. The lowest BCUT2D eigenvalue weighted by molar-refractivity contribution is 0.315. The number of rotatable bonds is 6. The molecule has 0 aliphatic heterocycles. The highest BCUT2D eigenvalue weighted by atomic mass is 79.9. The van der Waals surface area contributed by atoms with Crippen molar-refractivity contribution in [3.05, 3.63) is 58.6 Å². The largest absolute Gasteiger partial charge is 0.494 e. The Hall–Kier alpha value is -1.99. The van der Waals surface area contributed by atoms with Crippen LogP contribution >= 0.6 is 15.9 Å². The van der Waals surface area contributed by atoms with E-state index in [1.54, 1.807) is 6.07 Å². The van der Waals surface area contributed by atoms with E-state index in [0.717, 1.165) is 28.9 Å². The average molecular weight is 331 g/mol. The second-order valence-corrected chi connectivity index (χ2v) is 5.10. The van der Waals surface area contributed by atoms with Crippen molar-refractivity contribution in [2.75, 3.05) is 18.5 Å². The zero-order valence-electron chi connectivity index (χ0n) is 11.0. The molecule has 0 aliphatic carbocycles. The van der Waals surface area contributed by atoms with Gasteiger partial charge in [0.2, 0.25) is 0 Å². The third-order valence-electron chi connectivity index (χ3n) is 2.75. The van der Waals surface area contributed by atoms with Crippen LogP contribution in [0, 0.1) is 11.3 Å². The van der Waals surface area contributed by atoms with Crippen molar-refractivity contribution < 1.29 is 4.74 Å². The summed E-state index contributed by atoms with van der Waals surface area (Å²) in [5.41, 5.74) is 1.64. The van der Waals surface area contributed by atoms with E-state index in [2.05, 4.69) is 27.3 Å². The van der Waals surface area contributed by atoms with Gasteiger partial charge in [0.25, 0.3) is 0 Å². The summed E-state index contributed by atoms with van der Waals surface area (Å²) >= 11 is 3.45. The van der Waals surface area contributed by atoms with Gasteiger partial charge in [0, 0.05) is 16.7 Å². The standard InChI is InChI=1S/C16H15BrN2O/c17-15-11-13(12-18)7-8-16(15)19-9-4-10-20-14-5-2-1-3-6-14/h1-3,5-8,11,19H,4,9-10H2. The fraction of sp³-hybridized carbons (Fsp3) is 0.188. The van der Waals surface area contributed by atoms with Crippen LogP contribution in [-0.4, -0.2) is 13.2 Å². The lowest BCUT2D eigenvalue weighted by atomic mass is 10.2. The van der Waals surface area contributed by atoms with Gasteiger partial charge in [-0.25, -0.2) is 0 Å². The molecule has 0 fully saturated rings. The molecule has 2 rings (SSSR count). The number of ether oxygens (including phenoxy) is 1. The van der Waals surface area contributed by atoms with Gasteiger partial charge in [-0.3, -0.25) is 0 Å². The number of nitriles is 1. The fourth-order valence-electron chi connectivity index (χ4n) is 1.73. The normalized spacial score (nSPS) is 9.80. The van der Waals surface area contributed by atoms with Crippen LogP contribution < -0.4 is 10.1 Å². The molecule has 0 spiro atoms. The Morgan fingerprint density at radius 3 is 2.65 bits per heavy atom. The van der Waals surface area contributed by atoms with Gasteiger partial charge in [-0.15, -0.1) is 0 Å². The summed E-state index contributed by atoms with van der Waals surface area (Å²) in [6.45, 7) is 1.49. The predicted molar refractivity (Wildman–Crippen MR) is 83.9 cm³/mol. The van der Waals surface area contributed by atoms with Gasteiger partial charge < -0.3 is 10.1 Å². The molecule has 3 nitrogen and oxygen atoms in total. The van der Waals surface area contributed by atoms with E-state index in [0.29, 0.717) is 12.2 Å². The zero-order valence-corrected chi connectivity index (χ0v) is 12.6. The zero-order chi connectivity index (χ0) is 14.2. The van der Waals surface area contributed by atoms with Crippen molar-refractivity contribution in [3.63, 3.8) is 0 Å². The number of benzene rings is 2. The number of para-hydroxylation sites is 1. The van der Waals surface area contributed by atoms with Crippen LogP contribution in [0.1, 0.15) is 12.0 Å². The molecule has 20 heavy (non-hydrogen) atoms. The van der Waals surface area contributed by atoms with Gasteiger partial charge >= 0.3 is 0 Å². The van der Waals surface area contributed by atoms with Gasteiger partial charge in [0.05, 0.1) is 18.2 Å². The van der Waals surface area contributed by atoms with Gasteiger partial charge in [-0.2, -0.15) is 5.26 Å². The molecule has 0 aromatic heterocycles. The number of nitrogens with one attached hydrogen (secondary N) is 1. The molecule has 0 amide bonds. The maximum Gasteiger partial charge on any atom is 0.119 e. The van der Waals surface area contributed by atoms with Crippen molar-refractivity contribution in [2.45, 2.75) is 6.42 Å². The van der Waals surface area contributed by atoms with Crippen molar-refractivity contribution in [2.24, 2.45) is 0 Å². The smallest absolute Gasteiger partial charge is 0.119 e. The predicted octanol–water partition coefficient (Wildman–Crippen LogP) is 4.20. The first kappa shape index (κ1) is 14.4. The number of nitrogens with zero attached hydrogens (tertiary/aromatic N) is 1. The van der Waals surface area contributed by atoms with Gasteiger partial charge in [-0.1, -0.05) is 18.2 Å². The van der Waals surface area contributed by atoms with Gasteiger partial charge in [0.15, 0.2) is 0 Å². The van der Waals surface area contributed by atoms with Gasteiger partial charge in [-0.05, 0) is 52.7 Å². The molecule has 0 radical (unpaired) electrons. The van der Waals surface area contributed by atoms with E-state index in [-0.39, 0.29) is 0 Å². The highest BCUT2D eigenvalue weighted by Crippen LogP contribution is 2.23. The number of halogens is 1. The summed E-state index contributed by atoms with van der Waals surface area (Å²) in [4.78, 5) is 0. The van der Waals surface area contributed by atoms with E-state index >= 15 is 0 Å². The van der Waals surface area contributed by atoms with E-state index in [4.69, 9.17) is 10.00 Å². The third kappa shape index (κ3) is 4.29. The molecule has 0 saturated heterocycles. The van der Waals surface area contributed by atoms with Crippen LogP contribution in [0.2, 0.25) is 0 Å². The van der Waals surface area contributed by atoms with E-state index in [1.807, 2.05) is 42.5 Å². The quantitative estimate of drug-likeness (QED) is 0.807. The summed E-state index contributed by atoms with van der Waals surface area (Å²) in [6, 6.07) is 17.4. The average Bonchev–Trinajstić information content (AvgIpc) is 2.49. The molecular weight excluding hydrogens is 316 g/mol. The van der Waals surface area contributed by atoms with Gasteiger partial charge in [0.1, 0.15) is 5.75 Å². The van der Waals surface area contributed by atoms with Crippen LogP contribution in [0.5, 0.6) is 5.75 Å². The Morgan fingerprint density at radius 2 is 1.95 bits per heavy atom. The summed E-state index contributed by atoms with van der Waals surface area (Å²) in [5.74, 6) is 0.895. The first-order valence-electron chi connectivity index (χ1n) is 6.41. The molecular formula is C16H15BrN2O. The van der Waals surface area contributed by atoms with Crippen LogP contribution in [0.15, 0.2) is 53.0 Å². The van der Waals surface area contributed by atoms with Crippen molar-refractivity contribution in [3.8, 4) is 11.8 Å². The molecule has 4 heteroatoms. The minimum atomic E-state index is 0.648. The summed E-state index contributed by atoms with van der Waals surface area (Å²) in [6.07, 6.45) is 0.904. The SMILES string of the molecule is N#Cc1ccc(NCCCOc2ccccc2)c(Br)c1. The Kier molecular flexibility index (Phi) is 5.45. The molecule has 0 aliphatic rings. The summed E-state index contributed by atoms with van der Waals surface area (Å²) in [5, 5.41) is 12.1. The lowest BCUT2D eigenvalue weighted by Gasteiger charge is -2.09. The summed E-state index contributed by atoms with van der Waals surface area (Å²) < 4.78 is 6.52. The Bertz CT molecular complexity index is 593. The molecule has 1 N–H and O–H groups in total. The fourth-order valence-corrected chi connectivity index (χ4v) is 2.25. The van der Waals surface area contributed by atoms with Crippen LogP contribution in [-0.2, 0) is 0 Å². The van der Waals surface area contributed by atoms with Crippen molar-refractivity contribution in [1.82, 2.24) is 0 Å². The maximum atomic E-state index is 8.80. The topological polar surface area (TPSA) is 45.0 Å². The van der Waals surface area contributed by atoms with E-state index < -0.39 is 0 Å². The Morgan fingerprint density at radius 1 is 1.15 bits per heavy atom. The first-order chi connectivity index (χ1) is 9.79. The number of hydrogen-bond acceptors (Lipinski definition) is 3. The van der Waals surface area contributed by atoms with Crippen LogP contribution in [0.25, 0.3) is 0 Å². The van der Waals surface area contributed by atoms with E-state index in [9.17, 15) is 0 Å². The molecule has 2 aromatic carbocycles. The second-order valence-electron chi connectivity index (χ2n) is 4.25. The molecule has 2 aromatic rings. The second kappa shape index (κ2) is 7.56. The van der Waals surface area contributed by atoms with Crippen molar-refractivity contribution >= 4 is 21.6 Å². The first-order valence-corrected chi connectivity index (χ1v) is 7.20. The Balaban J connectivity index is 1.72. The number of anilines is 1. The molecule has 0 heterocycles. The van der Waals surface area contributed by atoms with Crippen LogP contribution in [0.4, 0.5) is 5.69 Å². The van der Waals surface area contributed by atoms with Crippen molar-refractivity contribution in [1.29, 1.82) is 5.26 Å². The third-order valence-corrected chi connectivity index (χ3v) is 3.40. The molecule has 0 unspecified atom stereocenters. The monoisotopic (exact) mass is 330 g/mol. The Labute approximate surface area is 127 Å². The molecule has 102 valence electrons. The highest BCUT2D eigenvalue weighted by Gasteiger charge is 2.00. The highest BCUT2D eigenvalue weighted by molar-refractivity contribution is 9.10. The maximum absolute atomic E-state index is 8.80. The lowest BCUT2D eigenvalue weighted by Crippen LogP contribution is -2.07. The van der Waals surface area contributed by atoms with E-state index in [1.165, 1.54) is 0 Å². The number of hydrogen-bond donors (Lipinski definition) is 1. The molecule has 0 saturated carbocycles. The minimum Gasteiger partial charge on any atom is -0.494 e. The summed E-state index contributed by atoms with van der Waals surface area (Å²) in [7, 11) is 0. The van der Waals surface area contributed by atoms with Crippen LogP contribution in [0.3, 0.4) is 0 Å². The molecule has 0 bridgehead atoms. The molecule has 0 atom stereocenters.